The van der Waals surface area contributed by atoms with Crippen LogP contribution in [0, 0.1) is 22.7 Å². The minimum atomic E-state index is -2.16. The maximum atomic E-state index is 16.2. The lowest BCUT2D eigenvalue weighted by atomic mass is 9.97. The van der Waals surface area contributed by atoms with Crippen molar-refractivity contribution < 1.29 is 33.0 Å². The number of fused-ring (bicyclic) bond motifs is 4. The van der Waals surface area contributed by atoms with E-state index in [2.05, 4.69) is 81.3 Å². The number of anilines is 2. The molecular weight excluding hydrogens is 827 g/mol. The van der Waals surface area contributed by atoms with Gasteiger partial charge in [0.1, 0.15) is 25.0 Å². The van der Waals surface area contributed by atoms with Crippen molar-refractivity contribution in [3.63, 3.8) is 0 Å². The van der Waals surface area contributed by atoms with Crippen molar-refractivity contribution in [1.82, 2.24) is 39.0 Å². The zero-order chi connectivity index (χ0) is 44.6. The lowest BCUT2D eigenvalue weighted by Crippen LogP contribution is -2.48. The number of carbonyl (C=O) groups excluding carboxylic acids is 2. The predicted molar refractivity (Wildman–Crippen MR) is 234 cm³/mol. The molecule has 0 aliphatic heterocycles. The molecule has 0 radical (unpaired) electrons. The fraction of sp³-hybridized carbons (Fsp3) is 0.467. The molecule has 18 heteroatoms. The van der Waals surface area contributed by atoms with E-state index in [0.717, 1.165) is 12.8 Å². The molecular formula is C45H52F2N10O5Si. The van der Waals surface area contributed by atoms with Gasteiger partial charge in [0.2, 0.25) is 0 Å². The van der Waals surface area contributed by atoms with E-state index in [0.29, 0.717) is 45.7 Å². The predicted octanol–water partition coefficient (Wildman–Crippen LogP) is 7.11. The number of rotatable bonds is 10. The monoisotopic (exact) mass is 878 g/mol. The van der Waals surface area contributed by atoms with Gasteiger partial charge in [0.05, 0.1) is 43.6 Å². The van der Waals surface area contributed by atoms with Crippen LogP contribution in [-0.4, -0.2) is 101 Å². The van der Waals surface area contributed by atoms with Crippen molar-refractivity contribution in [2.45, 2.75) is 102 Å². The molecule has 4 heterocycles. The van der Waals surface area contributed by atoms with Crippen LogP contribution in [0.2, 0.25) is 18.1 Å². The Morgan fingerprint density at radius 1 is 0.762 bits per heavy atom. The summed E-state index contributed by atoms with van der Waals surface area (Å²) in [6, 6.07) is 16.6. The first-order valence-corrected chi connectivity index (χ1v) is 24.3. The highest BCUT2D eigenvalue weighted by atomic mass is 28.4. The third-order valence-electron chi connectivity index (χ3n) is 14.7. The number of amides is 2. The second kappa shape index (κ2) is 15.6. The molecule has 2 aromatic carbocycles. The molecule has 63 heavy (non-hydrogen) atoms. The maximum Gasteiger partial charge on any atom is 0.256 e. The lowest BCUT2D eigenvalue weighted by molar-refractivity contribution is 0.00953. The Morgan fingerprint density at radius 3 is 1.67 bits per heavy atom. The van der Waals surface area contributed by atoms with Crippen LogP contribution in [0.1, 0.15) is 79.8 Å². The first kappa shape index (κ1) is 42.7. The fourth-order valence-corrected chi connectivity index (χ4v) is 11.2. The van der Waals surface area contributed by atoms with Gasteiger partial charge in [-0.15, -0.1) is 0 Å². The number of imidazole rings is 2. The minimum absolute atomic E-state index is 0.00487. The van der Waals surface area contributed by atoms with Crippen molar-refractivity contribution in [2.24, 2.45) is 22.7 Å². The smallest absolute Gasteiger partial charge is 0.256 e. The third-order valence-corrected chi connectivity index (χ3v) is 19.1. The van der Waals surface area contributed by atoms with E-state index in [1.54, 1.807) is 59.4 Å². The molecule has 4 aromatic heterocycles. The highest BCUT2D eigenvalue weighted by Crippen LogP contribution is 2.72. The van der Waals surface area contributed by atoms with Crippen molar-refractivity contribution in [3.8, 4) is 0 Å². The molecule has 4 saturated carbocycles. The van der Waals surface area contributed by atoms with Crippen LogP contribution in [0.5, 0.6) is 0 Å². The zero-order valence-electron chi connectivity index (χ0n) is 36.0. The lowest BCUT2D eigenvalue weighted by Gasteiger charge is -2.41. The molecule has 6 aromatic rings. The Labute approximate surface area is 363 Å². The number of halogens is 2. The normalized spacial score (nSPS) is 29.4. The molecule has 2 amide bonds. The standard InChI is InChI=1S/C26H34FN5O2Si.C19H18FN5O3/c1-7-26-13-17(26)20(18(27)21(26)34-35(5,6)25(2,3)4)32-15-30-19-22(28-14-29-23(19)32)31-24(33)16-11-9-8-10-12-16;20-12-14(11-6-19(11,7-26)15(12)27)25-9-23-13-16(21-8-22-17(13)25)24-18(28)10-4-2-1-3-5-10/h8-12,14-15,17-18,20-21H,7,13H2,1-6H3,(H,28,29,31,33);1-5,8-9,11-12,14-15,26-27H,6-7H2,(H,21,22,24,28)/t17-,18+,20-,21+,26-;11-,12+,14-,15+,19+/m11/s1. The van der Waals surface area contributed by atoms with Gasteiger partial charge in [0.25, 0.3) is 11.8 Å². The Hall–Kier alpha value is -5.56. The van der Waals surface area contributed by atoms with Gasteiger partial charge >= 0.3 is 0 Å². The summed E-state index contributed by atoms with van der Waals surface area (Å²) in [5.74, 6) is -0.0710. The molecule has 0 saturated heterocycles. The van der Waals surface area contributed by atoms with Crippen LogP contribution in [0.25, 0.3) is 22.3 Å². The Balaban J connectivity index is 0.000000164. The van der Waals surface area contributed by atoms with Gasteiger partial charge in [-0.3, -0.25) is 9.59 Å². The number of aromatic nitrogens is 8. The van der Waals surface area contributed by atoms with E-state index in [1.807, 2.05) is 16.7 Å². The summed E-state index contributed by atoms with van der Waals surface area (Å²) < 4.78 is 41.2. The molecule has 0 bridgehead atoms. The summed E-state index contributed by atoms with van der Waals surface area (Å²) in [6.07, 6.45) is 3.82. The number of hydrogen-bond donors (Lipinski definition) is 4. The van der Waals surface area contributed by atoms with E-state index in [-0.39, 0.29) is 46.5 Å². The van der Waals surface area contributed by atoms with E-state index < -0.39 is 50.4 Å². The number of aliphatic hydroxyl groups is 2. The Morgan fingerprint density at radius 2 is 1.22 bits per heavy atom. The first-order valence-electron chi connectivity index (χ1n) is 21.4. The van der Waals surface area contributed by atoms with Crippen LogP contribution in [0.4, 0.5) is 20.4 Å². The summed E-state index contributed by atoms with van der Waals surface area (Å²) in [5, 5.41) is 25.4. The highest BCUT2D eigenvalue weighted by molar-refractivity contribution is 6.74. The Bertz CT molecular complexity index is 2680. The summed E-state index contributed by atoms with van der Waals surface area (Å²) in [6.45, 7) is 12.8. The number of benzene rings is 2. The molecule has 4 N–H and O–H groups in total. The van der Waals surface area contributed by atoms with E-state index in [4.69, 9.17) is 4.43 Å². The molecule has 15 nitrogen and oxygen atoms in total. The quantitative estimate of drug-likeness (QED) is 0.102. The first-order chi connectivity index (χ1) is 30.1. The number of aliphatic hydroxyl groups excluding tert-OH is 2. The van der Waals surface area contributed by atoms with Gasteiger partial charge in [0.15, 0.2) is 42.3 Å². The van der Waals surface area contributed by atoms with E-state index in [9.17, 15) is 24.2 Å². The van der Waals surface area contributed by atoms with Crippen molar-refractivity contribution >= 4 is 54.1 Å². The van der Waals surface area contributed by atoms with E-state index >= 15 is 4.39 Å². The highest BCUT2D eigenvalue weighted by Gasteiger charge is 2.73. The SMILES string of the molecule is CC[C@@]12C[C@@H]1[C@@H](n1cnc3c(NC(=O)c4ccccc4)ncnc31)[C@H](F)[C@@H]2O[Si](C)(C)C(C)(C)C.O=C(Nc1ncnc2c1ncn2[C@H]1[C@H](F)[C@H](O)[C@]2(CO)C[C@H]12)c1ccccc1. The van der Waals surface area contributed by atoms with Crippen molar-refractivity contribution in [2.75, 3.05) is 17.2 Å². The van der Waals surface area contributed by atoms with Gasteiger partial charge in [-0.05, 0) is 73.5 Å². The average Bonchev–Trinajstić information content (AvgIpc) is 4.00. The van der Waals surface area contributed by atoms with Crippen LogP contribution in [0.3, 0.4) is 0 Å². The summed E-state index contributed by atoms with van der Waals surface area (Å²) >= 11 is 0. The van der Waals surface area contributed by atoms with Crippen LogP contribution in [-0.2, 0) is 4.43 Å². The molecule has 4 aliphatic rings. The second-order valence-corrected chi connectivity index (χ2v) is 23.7. The second-order valence-electron chi connectivity index (χ2n) is 18.9. The van der Waals surface area contributed by atoms with Gasteiger partial charge in [-0.25, -0.2) is 38.7 Å². The number of nitrogens with one attached hydrogen (secondary N) is 2. The molecule has 0 unspecified atom stereocenters. The van der Waals surface area contributed by atoms with Crippen LogP contribution in [0.15, 0.2) is 86.0 Å². The number of alkyl halides is 2. The number of carbonyl (C=O) groups is 2. The zero-order valence-corrected chi connectivity index (χ0v) is 37.0. The van der Waals surface area contributed by atoms with Gasteiger partial charge in [-0.2, -0.15) is 0 Å². The molecule has 4 aliphatic carbocycles. The fourth-order valence-electron chi connectivity index (χ4n) is 9.85. The van der Waals surface area contributed by atoms with Crippen LogP contribution < -0.4 is 10.6 Å². The Kier molecular flexibility index (Phi) is 10.6. The minimum Gasteiger partial charge on any atom is -0.410 e. The van der Waals surface area contributed by atoms with Gasteiger partial charge in [0, 0.05) is 22.0 Å². The van der Waals surface area contributed by atoms with Gasteiger partial charge in [-0.1, -0.05) is 64.1 Å². The topological polar surface area (TPSA) is 195 Å². The summed E-state index contributed by atoms with van der Waals surface area (Å²) in [5.41, 5.74) is 1.78. The molecule has 330 valence electrons. The average molecular weight is 879 g/mol. The summed E-state index contributed by atoms with van der Waals surface area (Å²) in [4.78, 5) is 50.9. The van der Waals surface area contributed by atoms with Crippen molar-refractivity contribution in [1.29, 1.82) is 0 Å². The summed E-state index contributed by atoms with van der Waals surface area (Å²) in [7, 11) is -2.16. The largest absolute Gasteiger partial charge is 0.410 e. The molecule has 0 spiro atoms. The van der Waals surface area contributed by atoms with Crippen LogP contribution >= 0.6 is 0 Å². The molecule has 4 fully saturated rings. The number of hydrogen-bond acceptors (Lipinski definition) is 11. The van der Waals surface area contributed by atoms with Gasteiger partial charge < -0.3 is 34.4 Å². The third kappa shape index (κ3) is 7.01. The molecule has 10 rings (SSSR count). The number of nitrogens with zero attached hydrogens (tertiary/aromatic N) is 8. The maximum absolute atomic E-state index is 16.2. The van der Waals surface area contributed by atoms with E-state index in [1.165, 1.54) is 19.0 Å². The molecule has 10 atom stereocenters. The van der Waals surface area contributed by atoms with Crippen molar-refractivity contribution in [3.05, 3.63) is 97.1 Å².